The van der Waals surface area contributed by atoms with Crippen molar-refractivity contribution in [3.8, 4) is 0 Å². The van der Waals surface area contributed by atoms with Gasteiger partial charge < -0.3 is 39.6 Å². The summed E-state index contributed by atoms with van der Waals surface area (Å²) in [5.41, 5.74) is -3.92. The van der Waals surface area contributed by atoms with E-state index in [2.05, 4.69) is 5.32 Å². The Kier molecular flexibility index (Phi) is 14.3. The molecule has 2 saturated carbocycles. The second-order valence-electron chi connectivity index (χ2n) is 18.0. The van der Waals surface area contributed by atoms with Crippen LogP contribution in [0, 0.1) is 28.6 Å². The van der Waals surface area contributed by atoms with Crippen LogP contribution in [-0.4, -0.2) is 93.6 Å². The van der Waals surface area contributed by atoms with Gasteiger partial charge in [0.1, 0.15) is 17.8 Å². The second kappa shape index (κ2) is 19.2. The summed E-state index contributed by atoms with van der Waals surface area (Å²) in [5, 5.41) is 38.4. The second-order valence-corrected chi connectivity index (χ2v) is 18.0. The largest absolute Gasteiger partial charge is 0.458 e. The van der Waals surface area contributed by atoms with Crippen molar-refractivity contribution in [2.75, 3.05) is 6.61 Å². The number of ketones is 1. The molecule has 0 radical (unpaired) electrons. The standard InChI is InChI=1S/C50H59NO13/c1-8-18-35-38-29(3)36(62-47(60)40(56)39(32-19-12-9-13-20-32)51-45(58)33-21-14-10-15-22-33)26-48(35,6)44(63-46(59)34-23-16-11-17-24-34)42-49(7,43(57)41(38)61-30(4)53)37(55)25-28(2)50(42,27-52)64-31(5)54/h9-17,19-24,28,35-37,39-42,44,52,55-56H,8,18,25-27H2,1-7H3,(H,51,58)/t28-,35-,36+,37+,39+,40-,41-,42?,44+,48-,49-,50+/m1/s1. The summed E-state index contributed by atoms with van der Waals surface area (Å²) >= 11 is 0. The third kappa shape index (κ3) is 8.75. The SMILES string of the molecule is CCC[C@@H]1C2=C(C)[C@@H](OC(=O)[C@H](O)[C@@H](NC(=O)c3ccccc3)c3ccccc3)C[C@@]1(C)[C@@H](OC(=O)c1ccccc1)C1[C@](C)(C(=O)[C@@H]2OC(C)=O)[C@@H](O)C[C@@H](C)[C@]1(CO)OC(C)=O. The van der Waals surface area contributed by atoms with Crippen LogP contribution in [0.25, 0.3) is 0 Å². The Balaban J connectivity index is 1.57. The number of aliphatic hydroxyl groups excluding tert-OH is 3. The maximum absolute atomic E-state index is 15.7. The van der Waals surface area contributed by atoms with E-state index < -0.39 is 113 Å². The first-order chi connectivity index (χ1) is 30.3. The Morgan fingerprint density at radius 3 is 1.97 bits per heavy atom. The highest BCUT2D eigenvalue weighted by molar-refractivity contribution is 5.96. The summed E-state index contributed by atoms with van der Waals surface area (Å²) < 4.78 is 25.1. The van der Waals surface area contributed by atoms with Gasteiger partial charge in [-0.15, -0.1) is 0 Å². The Morgan fingerprint density at radius 1 is 0.844 bits per heavy atom. The molecule has 342 valence electrons. The van der Waals surface area contributed by atoms with Gasteiger partial charge in [-0.05, 0) is 80.0 Å². The van der Waals surface area contributed by atoms with Gasteiger partial charge in [-0.3, -0.25) is 19.2 Å². The molecule has 3 aromatic rings. The van der Waals surface area contributed by atoms with Crippen molar-refractivity contribution in [1.29, 1.82) is 0 Å². The van der Waals surface area contributed by atoms with Crippen molar-refractivity contribution < 1.29 is 63.0 Å². The molecular weight excluding hydrogens is 823 g/mol. The lowest BCUT2D eigenvalue weighted by atomic mass is 9.44. The van der Waals surface area contributed by atoms with Gasteiger partial charge in [-0.1, -0.05) is 93.9 Å². The first-order valence-corrected chi connectivity index (χ1v) is 21.8. The number of hydrogen-bond acceptors (Lipinski definition) is 13. The molecule has 64 heavy (non-hydrogen) atoms. The number of benzene rings is 3. The summed E-state index contributed by atoms with van der Waals surface area (Å²) in [4.78, 5) is 84.4. The lowest BCUT2D eigenvalue weighted by molar-refractivity contribution is -0.261. The van der Waals surface area contributed by atoms with Crippen LogP contribution in [-0.2, 0) is 38.1 Å². The number of aliphatic hydroxyl groups is 3. The molecule has 2 bridgehead atoms. The molecule has 12 atom stereocenters. The van der Waals surface area contributed by atoms with Crippen LogP contribution >= 0.6 is 0 Å². The number of carbonyl (C=O) groups excluding carboxylic acids is 6. The molecule has 0 aromatic heterocycles. The smallest absolute Gasteiger partial charge is 0.338 e. The summed E-state index contributed by atoms with van der Waals surface area (Å²) in [7, 11) is 0. The summed E-state index contributed by atoms with van der Waals surface area (Å²) in [6, 6.07) is 23.5. The molecule has 1 amide bonds. The zero-order chi connectivity index (χ0) is 46.7. The number of ether oxygens (including phenoxy) is 4. The quantitative estimate of drug-likeness (QED) is 0.0933. The molecular formula is C50H59NO13. The van der Waals surface area contributed by atoms with Crippen LogP contribution in [0.3, 0.4) is 0 Å². The molecule has 0 aliphatic heterocycles. The van der Waals surface area contributed by atoms with Gasteiger partial charge in [-0.25, -0.2) is 9.59 Å². The Bertz CT molecular complexity index is 2250. The number of esters is 4. The van der Waals surface area contributed by atoms with Gasteiger partial charge >= 0.3 is 23.9 Å². The van der Waals surface area contributed by atoms with Crippen LogP contribution in [0.4, 0.5) is 0 Å². The maximum Gasteiger partial charge on any atom is 0.338 e. The number of fused-ring (bicyclic) bond motifs is 3. The number of hydrogen-bond donors (Lipinski definition) is 4. The van der Waals surface area contributed by atoms with Crippen LogP contribution in [0.2, 0.25) is 0 Å². The first kappa shape index (κ1) is 47.8. The predicted octanol–water partition coefficient (Wildman–Crippen LogP) is 5.63. The molecule has 2 fully saturated rings. The number of rotatable bonds is 13. The molecule has 0 heterocycles. The number of carbonyl (C=O) groups is 6. The van der Waals surface area contributed by atoms with Crippen molar-refractivity contribution >= 4 is 35.6 Å². The van der Waals surface area contributed by atoms with Crippen molar-refractivity contribution in [3.05, 3.63) is 119 Å². The van der Waals surface area contributed by atoms with Gasteiger partial charge in [0.25, 0.3) is 5.91 Å². The molecule has 3 aliphatic carbocycles. The number of amides is 1. The minimum absolute atomic E-state index is 0.121. The van der Waals surface area contributed by atoms with Crippen LogP contribution in [0.1, 0.15) is 106 Å². The van der Waals surface area contributed by atoms with E-state index in [9.17, 15) is 39.3 Å². The molecule has 0 saturated heterocycles. The van der Waals surface area contributed by atoms with E-state index >= 15 is 4.79 Å². The Hall–Kier alpha value is -5.70. The molecule has 14 nitrogen and oxygen atoms in total. The molecule has 0 spiro atoms. The third-order valence-corrected chi connectivity index (χ3v) is 14.0. The van der Waals surface area contributed by atoms with E-state index in [1.54, 1.807) is 112 Å². The highest BCUT2D eigenvalue weighted by atomic mass is 16.6. The molecule has 1 unspecified atom stereocenters. The third-order valence-electron chi connectivity index (χ3n) is 14.0. The van der Waals surface area contributed by atoms with E-state index in [4.69, 9.17) is 18.9 Å². The van der Waals surface area contributed by atoms with Crippen LogP contribution in [0.15, 0.2) is 102 Å². The zero-order valence-corrected chi connectivity index (χ0v) is 37.3. The Morgan fingerprint density at radius 2 is 1.42 bits per heavy atom. The van der Waals surface area contributed by atoms with E-state index in [-0.39, 0.29) is 29.5 Å². The average Bonchev–Trinajstić information content (AvgIpc) is 3.27. The molecule has 6 rings (SSSR count). The van der Waals surface area contributed by atoms with Crippen molar-refractivity contribution in [2.45, 2.75) is 116 Å². The number of Topliss-reactive ketones (excluding diaryl/α,β-unsaturated/α-hetero) is 1. The zero-order valence-electron chi connectivity index (χ0n) is 37.3. The fourth-order valence-electron chi connectivity index (χ4n) is 10.7. The van der Waals surface area contributed by atoms with Gasteiger partial charge in [0.05, 0.1) is 35.6 Å². The highest BCUT2D eigenvalue weighted by Gasteiger charge is 2.73. The fourth-order valence-corrected chi connectivity index (χ4v) is 10.7. The number of nitrogens with one attached hydrogen (secondary N) is 1. The highest BCUT2D eigenvalue weighted by Crippen LogP contribution is 2.63. The summed E-state index contributed by atoms with van der Waals surface area (Å²) in [5.74, 6) is -7.97. The lowest BCUT2D eigenvalue weighted by Crippen LogP contribution is -2.74. The van der Waals surface area contributed by atoms with Crippen LogP contribution < -0.4 is 5.32 Å². The fraction of sp³-hybridized carbons (Fsp3) is 0.480. The van der Waals surface area contributed by atoms with E-state index in [0.29, 0.717) is 24.0 Å². The molecule has 3 aromatic carbocycles. The normalized spacial score (nSPS) is 30.9. The monoisotopic (exact) mass is 881 g/mol. The van der Waals surface area contributed by atoms with E-state index in [1.165, 1.54) is 6.92 Å². The molecule has 4 N–H and O–H groups in total. The lowest BCUT2D eigenvalue weighted by Gasteiger charge is -2.64. The minimum atomic E-state index is -2.00. The minimum Gasteiger partial charge on any atom is -0.458 e. The van der Waals surface area contributed by atoms with Crippen molar-refractivity contribution in [2.24, 2.45) is 28.6 Å². The average molecular weight is 882 g/mol. The van der Waals surface area contributed by atoms with E-state index in [1.807, 2.05) is 6.92 Å². The van der Waals surface area contributed by atoms with Crippen molar-refractivity contribution in [1.82, 2.24) is 5.32 Å². The first-order valence-electron chi connectivity index (χ1n) is 21.8. The van der Waals surface area contributed by atoms with Crippen molar-refractivity contribution in [3.63, 3.8) is 0 Å². The summed E-state index contributed by atoms with van der Waals surface area (Å²) in [6.45, 7) is 9.91. The predicted molar refractivity (Wildman–Crippen MR) is 232 cm³/mol. The van der Waals surface area contributed by atoms with Gasteiger partial charge in [-0.2, -0.15) is 0 Å². The van der Waals surface area contributed by atoms with Gasteiger partial charge in [0, 0.05) is 30.7 Å². The Labute approximate surface area is 373 Å². The summed E-state index contributed by atoms with van der Waals surface area (Å²) in [6.07, 6.45) is -7.29. The van der Waals surface area contributed by atoms with Gasteiger partial charge in [0.15, 0.2) is 18.0 Å². The topological polar surface area (TPSA) is 212 Å². The molecule has 3 aliphatic rings. The molecule has 14 heteroatoms. The van der Waals surface area contributed by atoms with Crippen LogP contribution in [0.5, 0.6) is 0 Å². The van der Waals surface area contributed by atoms with E-state index in [0.717, 1.165) is 13.8 Å². The van der Waals surface area contributed by atoms with Gasteiger partial charge in [0.2, 0.25) is 0 Å². The maximum atomic E-state index is 15.7.